The van der Waals surface area contributed by atoms with Crippen LogP contribution in [0.3, 0.4) is 0 Å². The molecule has 0 saturated carbocycles. The standard InChI is InChI=1S/C10H13BrO2S/c1-3-9(13-2)8(12)6-7-4-5-10(11)14-7/h4-5,9H,3,6H2,1-2H3. The third-order valence-corrected chi connectivity index (χ3v) is 3.62. The lowest BCUT2D eigenvalue weighted by Crippen LogP contribution is -2.23. The summed E-state index contributed by atoms with van der Waals surface area (Å²) >= 11 is 4.96. The first kappa shape index (κ1) is 11.9. The molecule has 0 aliphatic carbocycles. The van der Waals surface area contributed by atoms with Crippen molar-refractivity contribution in [3.63, 3.8) is 0 Å². The van der Waals surface area contributed by atoms with E-state index in [1.165, 1.54) is 0 Å². The summed E-state index contributed by atoms with van der Waals surface area (Å²) in [4.78, 5) is 12.7. The summed E-state index contributed by atoms with van der Waals surface area (Å²) in [5, 5.41) is 0. The molecule has 0 aromatic carbocycles. The fourth-order valence-electron chi connectivity index (χ4n) is 1.26. The second kappa shape index (κ2) is 5.63. The summed E-state index contributed by atoms with van der Waals surface area (Å²) in [6.07, 6.45) is 0.959. The lowest BCUT2D eigenvalue weighted by Gasteiger charge is -2.10. The molecule has 14 heavy (non-hydrogen) atoms. The fraction of sp³-hybridized carbons (Fsp3) is 0.500. The highest BCUT2D eigenvalue weighted by atomic mass is 79.9. The second-order valence-electron chi connectivity index (χ2n) is 2.98. The van der Waals surface area contributed by atoms with E-state index in [2.05, 4.69) is 15.9 Å². The topological polar surface area (TPSA) is 26.3 Å². The third kappa shape index (κ3) is 3.19. The summed E-state index contributed by atoms with van der Waals surface area (Å²) < 4.78 is 6.14. The molecule has 0 spiro atoms. The van der Waals surface area contributed by atoms with E-state index in [0.717, 1.165) is 15.1 Å². The number of halogens is 1. The molecule has 1 aromatic heterocycles. The number of thiophene rings is 1. The molecular formula is C10H13BrO2S. The van der Waals surface area contributed by atoms with Gasteiger partial charge in [-0.1, -0.05) is 6.92 Å². The lowest BCUT2D eigenvalue weighted by atomic mass is 10.1. The third-order valence-electron chi connectivity index (χ3n) is 1.99. The highest BCUT2D eigenvalue weighted by Crippen LogP contribution is 2.23. The van der Waals surface area contributed by atoms with Crippen LogP contribution in [-0.4, -0.2) is 19.0 Å². The maximum absolute atomic E-state index is 11.7. The number of carbonyl (C=O) groups excluding carboxylic acids is 1. The van der Waals surface area contributed by atoms with E-state index in [-0.39, 0.29) is 11.9 Å². The quantitative estimate of drug-likeness (QED) is 0.826. The Morgan fingerprint density at radius 3 is 2.79 bits per heavy atom. The van der Waals surface area contributed by atoms with Crippen molar-refractivity contribution in [1.82, 2.24) is 0 Å². The first-order valence-corrected chi connectivity index (χ1v) is 6.08. The van der Waals surface area contributed by atoms with Gasteiger partial charge < -0.3 is 4.74 Å². The van der Waals surface area contributed by atoms with E-state index >= 15 is 0 Å². The van der Waals surface area contributed by atoms with Crippen LogP contribution < -0.4 is 0 Å². The molecule has 1 atom stereocenters. The fourth-order valence-corrected chi connectivity index (χ4v) is 2.75. The van der Waals surface area contributed by atoms with Crippen LogP contribution in [0.15, 0.2) is 15.9 Å². The molecule has 0 saturated heterocycles. The Morgan fingerprint density at radius 1 is 1.64 bits per heavy atom. The second-order valence-corrected chi connectivity index (χ2v) is 5.53. The molecule has 0 amide bonds. The minimum absolute atomic E-state index is 0.157. The number of carbonyl (C=O) groups is 1. The van der Waals surface area contributed by atoms with Gasteiger partial charge in [-0.25, -0.2) is 0 Å². The highest BCUT2D eigenvalue weighted by Gasteiger charge is 2.16. The van der Waals surface area contributed by atoms with E-state index < -0.39 is 0 Å². The Balaban J connectivity index is 2.56. The van der Waals surface area contributed by atoms with Gasteiger partial charge in [-0.3, -0.25) is 4.79 Å². The summed E-state index contributed by atoms with van der Waals surface area (Å²) in [6.45, 7) is 1.95. The van der Waals surface area contributed by atoms with Crippen LogP contribution in [0.4, 0.5) is 0 Å². The van der Waals surface area contributed by atoms with Gasteiger partial charge in [-0.2, -0.15) is 0 Å². The van der Waals surface area contributed by atoms with E-state index in [1.807, 2.05) is 19.1 Å². The molecule has 1 heterocycles. The Kier molecular flexibility index (Phi) is 4.78. The number of ether oxygens (including phenoxy) is 1. The molecule has 1 rings (SSSR count). The Bertz CT molecular complexity index is 305. The van der Waals surface area contributed by atoms with Crippen molar-refractivity contribution in [2.24, 2.45) is 0 Å². The van der Waals surface area contributed by atoms with Gasteiger partial charge in [-0.15, -0.1) is 11.3 Å². The smallest absolute Gasteiger partial charge is 0.166 e. The monoisotopic (exact) mass is 276 g/mol. The normalized spacial score (nSPS) is 12.8. The van der Waals surface area contributed by atoms with E-state index in [0.29, 0.717) is 6.42 Å². The molecule has 1 aromatic rings. The van der Waals surface area contributed by atoms with Crippen LogP contribution in [0.2, 0.25) is 0 Å². The van der Waals surface area contributed by atoms with Gasteiger partial charge in [0.25, 0.3) is 0 Å². The lowest BCUT2D eigenvalue weighted by molar-refractivity contribution is -0.128. The zero-order chi connectivity index (χ0) is 10.6. The van der Waals surface area contributed by atoms with Crippen LogP contribution in [0.25, 0.3) is 0 Å². The van der Waals surface area contributed by atoms with Crippen LogP contribution in [0.1, 0.15) is 18.2 Å². The van der Waals surface area contributed by atoms with Crippen molar-refractivity contribution >= 4 is 33.0 Å². The van der Waals surface area contributed by atoms with Crippen molar-refractivity contribution in [3.05, 3.63) is 20.8 Å². The van der Waals surface area contributed by atoms with Crippen molar-refractivity contribution in [2.45, 2.75) is 25.9 Å². The minimum Gasteiger partial charge on any atom is -0.374 e. The van der Waals surface area contributed by atoms with Crippen molar-refractivity contribution in [1.29, 1.82) is 0 Å². The Morgan fingerprint density at radius 2 is 2.36 bits per heavy atom. The van der Waals surface area contributed by atoms with E-state index in [4.69, 9.17) is 4.74 Å². The van der Waals surface area contributed by atoms with Crippen LogP contribution in [0, 0.1) is 0 Å². The Labute approximate surface area is 96.4 Å². The van der Waals surface area contributed by atoms with Gasteiger partial charge in [0.1, 0.15) is 6.10 Å². The predicted octanol–water partition coefficient (Wildman–Crippen LogP) is 3.05. The first-order valence-electron chi connectivity index (χ1n) is 4.47. The molecule has 78 valence electrons. The van der Waals surface area contributed by atoms with Crippen molar-refractivity contribution in [3.8, 4) is 0 Å². The molecule has 0 bridgehead atoms. The molecular weight excluding hydrogens is 264 g/mol. The van der Waals surface area contributed by atoms with Crippen LogP contribution in [0.5, 0.6) is 0 Å². The number of hydrogen-bond acceptors (Lipinski definition) is 3. The Hall–Kier alpha value is -0.190. The molecule has 2 nitrogen and oxygen atoms in total. The predicted molar refractivity (Wildman–Crippen MR) is 61.8 cm³/mol. The van der Waals surface area contributed by atoms with Gasteiger partial charge in [0.15, 0.2) is 5.78 Å². The van der Waals surface area contributed by atoms with Gasteiger partial charge in [0.05, 0.1) is 3.79 Å². The van der Waals surface area contributed by atoms with Crippen molar-refractivity contribution in [2.75, 3.05) is 7.11 Å². The number of ketones is 1. The van der Waals surface area contributed by atoms with Gasteiger partial charge in [-0.05, 0) is 34.5 Å². The molecule has 0 aliphatic rings. The van der Waals surface area contributed by atoms with E-state index in [9.17, 15) is 4.79 Å². The summed E-state index contributed by atoms with van der Waals surface area (Å²) in [5.74, 6) is 0.157. The first-order chi connectivity index (χ1) is 6.67. The van der Waals surface area contributed by atoms with E-state index in [1.54, 1.807) is 18.4 Å². The number of hydrogen-bond donors (Lipinski definition) is 0. The average Bonchev–Trinajstić information content (AvgIpc) is 2.53. The maximum atomic E-state index is 11.7. The number of methoxy groups -OCH3 is 1. The molecule has 1 unspecified atom stereocenters. The molecule has 4 heteroatoms. The zero-order valence-electron chi connectivity index (χ0n) is 8.25. The van der Waals surface area contributed by atoms with Crippen molar-refractivity contribution < 1.29 is 9.53 Å². The molecule has 0 aliphatic heterocycles. The summed E-state index contributed by atoms with van der Waals surface area (Å²) in [7, 11) is 1.58. The van der Waals surface area contributed by atoms with Crippen LogP contribution in [-0.2, 0) is 16.0 Å². The molecule has 0 fully saturated rings. The largest absolute Gasteiger partial charge is 0.374 e. The van der Waals surface area contributed by atoms with Gasteiger partial charge in [0, 0.05) is 18.4 Å². The highest BCUT2D eigenvalue weighted by molar-refractivity contribution is 9.11. The molecule has 0 N–H and O–H groups in total. The molecule has 0 radical (unpaired) electrons. The minimum atomic E-state index is -0.254. The zero-order valence-corrected chi connectivity index (χ0v) is 10.7. The van der Waals surface area contributed by atoms with Gasteiger partial charge >= 0.3 is 0 Å². The summed E-state index contributed by atoms with van der Waals surface area (Å²) in [5.41, 5.74) is 0. The number of Topliss-reactive ketones (excluding diaryl/α,β-unsaturated/α-hetero) is 1. The average molecular weight is 277 g/mol. The summed E-state index contributed by atoms with van der Waals surface area (Å²) in [6, 6.07) is 3.93. The maximum Gasteiger partial charge on any atom is 0.166 e. The number of rotatable bonds is 5. The van der Waals surface area contributed by atoms with Crippen LogP contribution >= 0.6 is 27.3 Å². The SMILES string of the molecule is CCC(OC)C(=O)Cc1ccc(Br)s1. The van der Waals surface area contributed by atoms with Gasteiger partial charge in [0.2, 0.25) is 0 Å².